The number of urea groups is 1. The molecule has 2 N–H and O–H groups in total. The molecule has 2 saturated heterocycles. The summed E-state index contributed by atoms with van der Waals surface area (Å²) in [4.78, 5) is 27.6. The lowest BCUT2D eigenvalue weighted by atomic mass is 9.79. The number of rotatable bonds is 2. The summed E-state index contributed by atoms with van der Waals surface area (Å²) in [6.45, 7) is 4.29. The van der Waals surface area contributed by atoms with Gasteiger partial charge in [0, 0.05) is 38.3 Å². The number of hydrogen-bond donors (Lipinski definition) is 2. The van der Waals surface area contributed by atoms with E-state index in [2.05, 4.69) is 15.5 Å². The second-order valence-electron chi connectivity index (χ2n) is 6.16. The molecular formula is C14H24N4O2. The third-order valence-electron chi connectivity index (χ3n) is 4.95. The van der Waals surface area contributed by atoms with Crippen LogP contribution in [0.2, 0.25) is 0 Å². The first-order chi connectivity index (χ1) is 9.71. The van der Waals surface area contributed by atoms with E-state index >= 15 is 0 Å². The molecule has 1 aliphatic carbocycles. The first-order valence-electron chi connectivity index (χ1n) is 7.75. The molecular weight excluding hydrogens is 256 g/mol. The van der Waals surface area contributed by atoms with E-state index in [1.165, 1.54) is 37.0 Å². The van der Waals surface area contributed by atoms with Gasteiger partial charge in [0.1, 0.15) is 0 Å². The molecule has 1 spiro atoms. The Bertz CT molecular complexity index is 384. The Morgan fingerprint density at radius 2 is 1.95 bits per heavy atom. The zero-order valence-corrected chi connectivity index (χ0v) is 12.0. The van der Waals surface area contributed by atoms with Gasteiger partial charge in [-0.15, -0.1) is 0 Å². The minimum Gasteiger partial charge on any atom is -0.336 e. The van der Waals surface area contributed by atoms with Gasteiger partial charge in [-0.05, 0) is 12.8 Å². The van der Waals surface area contributed by atoms with Crippen molar-refractivity contribution in [3.8, 4) is 0 Å². The number of carbonyl (C=O) groups is 2. The Morgan fingerprint density at radius 1 is 1.15 bits per heavy atom. The highest BCUT2D eigenvalue weighted by atomic mass is 16.2. The topological polar surface area (TPSA) is 64.7 Å². The predicted octanol–water partition coefficient (Wildman–Crippen LogP) is 0.146. The number of piperazine rings is 1. The first kappa shape index (κ1) is 13.8. The van der Waals surface area contributed by atoms with Gasteiger partial charge in [0.15, 0.2) is 0 Å². The summed E-state index contributed by atoms with van der Waals surface area (Å²) in [6, 6.07) is -0.233. The van der Waals surface area contributed by atoms with E-state index in [4.69, 9.17) is 0 Å². The molecule has 0 aromatic rings. The maximum absolute atomic E-state index is 12.4. The average molecular weight is 280 g/mol. The Kier molecular flexibility index (Phi) is 3.94. The minimum atomic E-state index is -0.233. The van der Waals surface area contributed by atoms with Gasteiger partial charge in [0.25, 0.3) is 0 Å². The van der Waals surface area contributed by atoms with Crippen LogP contribution in [-0.2, 0) is 4.79 Å². The second-order valence-corrected chi connectivity index (χ2v) is 6.16. The van der Waals surface area contributed by atoms with Crippen LogP contribution in [0.15, 0.2) is 0 Å². The van der Waals surface area contributed by atoms with Gasteiger partial charge in [-0.25, -0.2) is 4.79 Å². The van der Waals surface area contributed by atoms with Crippen molar-refractivity contribution in [2.45, 2.75) is 37.6 Å². The molecule has 3 rings (SSSR count). The normalized spacial score (nSPS) is 26.8. The van der Waals surface area contributed by atoms with Crippen molar-refractivity contribution in [3.63, 3.8) is 0 Å². The van der Waals surface area contributed by atoms with Crippen LogP contribution in [0, 0.1) is 0 Å². The zero-order chi connectivity index (χ0) is 14.0. The summed E-state index contributed by atoms with van der Waals surface area (Å²) < 4.78 is 0. The fourth-order valence-electron chi connectivity index (χ4n) is 3.79. The Labute approximate surface area is 119 Å². The van der Waals surface area contributed by atoms with E-state index in [0.717, 1.165) is 19.6 Å². The van der Waals surface area contributed by atoms with Gasteiger partial charge in [-0.3, -0.25) is 14.6 Å². The van der Waals surface area contributed by atoms with E-state index in [0.29, 0.717) is 19.6 Å². The van der Waals surface area contributed by atoms with Gasteiger partial charge in [-0.2, -0.15) is 0 Å². The number of carbonyl (C=O) groups excluding carboxylic acids is 2. The lowest BCUT2D eigenvalue weighted by Crippen LogP contribution is -2.63. The lowest BCUT2D eigenvalue weighted by molar-refractivity contribution is -0.131. The van der Waals surface area contributed by atoms with Crippen molar-refractivity contribution < 1.29 is 9.59 Å². The third-order valence-corrected chi connectivity index (χ3v) is 4.95. The molecule has 0 atom stereocenters. The molecule has 3 amide bonds. The average Bonchev–Trinajstić information content (AvgIpc) is 2.89. The fourth-order valence-corrected chi connectivity index (χ4v) is 3.79. The van der Waals surface area contributed by atoms with Crippen LogP contribution in [0.5, 0.6) is 0 Å². The first-order valence-corrected chi connectivity index (χ1v) is 7.75. The summed E-state index contributed by atoms with van der Waals surface area (Å²) in [5.74, 6) is -0.0492. The predicted molar refractivity (Wildman–Crippen MR) is 75.4 cm³/mol. The number of imide groups is 1. The maximum atomic E-state index is 12.4. The SMILES string of the molecule is O=C(CN1CCNCC12CCCCC2)N1CCNC1=O. The van der Waals surface area contributed by atoms with Crippen LogP contribution >= 0.6 is 0 Å². The molecule has 3 aliphatic rings. The molecule has 0 unspecified atom stereocenters. The van der Waals surface area contributed by atoms with Crippen molar-refractivity contribution in [1.29, 1.82) is 0 Å². The molecule has 2 heterocycles. The monoisotopic (exact) mass is 280 g/mol. The molecule has 3 fully saturated rings. The fraction of sp³-hybridized carbons (Fsp3) is 0.857. The molecule has 0 aromatic carbocycles. The van der Waals surface area contributed by atoms with Crippen molar-refractivity contribution in [2.75, 3.05) is 39.3 Å². The highest BCUT2D eigenvalue weighted by molar-refractivity contribution is 5.96. The maximum Gasteiger partial charge on any atom is 0.324 e. The van der Waals surface area contributed by atoms with Crippen molar-refractivity contribution in [3.05, 3.63) is 0 Å². The van der Waals surface area contributed by atoms with E-state index in [-0.39, 0.29) is 17.5 Å². The van der Waals surface area contributed by atoms with Gasteiger partial charge < -0.3 is 10.6 Å². The standard InChI is InChI=1S/C14H24N4O2/c19-12(18-9-7-16-13(18)20)10-17-8-6-15-11-14(17)4-2-1-3-5-14/h15H,1-11H2,(H,16,20). The van der Waals surface area contributed by atoms with Gasteiger partial charge in [0.05, 0.1) is 6.54 Å². The lowest BCUT2D eigenvalue weighted by Gasteiger charge is -2.49. The van der Waals surface area contributed by atoms with Crippen molar-refractivity contribution in [1.82, 2.24) is 20.4 Å². The molecule has 112 valence electrons. The van der Waals surface area contributed by atoms with Crippen molar-refractivity contribution >= 4 is 11.9 Å². The van der Waals surface area contributed by atoms with Crippen LogP contribution in [-0.4, -0.2) is 66.5 Å². The number of nitrogens with zero attached hydrogens (tertiary/aromatic N) is 2. The van der Waals surface area contributed by atoms with Crippen LogP contribution < -0.4 is 10.6 Å². The summed E-state index contributed by atoms with van der Waals surface area (Å²) in [5, 5.41) is 6.18. The summed E-state index contributed by atoms with van der Waals surface area (Å²) >= 11 is 0. The van der Waals surface area contributed by atoms with Crippen LogP contribution in [0.3, 0.4) is 0 Å². The molecule has 6 heteroatoms. The minimum absolute atomic E-state index is 0.0492. The summed E-state index contributed by atoms with van der Waals surface area (Å²) in [6.07, 6.45) is 6.13. The van der Waals surface area contributed by atoms with Crippen molar-refractivity contribution in [2.24, 2.45) is 0 Å². The molecule has 1 saturated carbocycles. The second kappa shape index (κ2) is 5.69. The van der Waals surface area contributed by atoms with Crippen LogP contribution in [0.25, 0.3) is 0 Å². The summed E-state index contributed by atoms with van der Waals surface area (Å²) in [7, 11) is 0. The largest absolute Gasteiger partial charge is 0.336 e. The quantitative estimate of drug-likeness (QED) is 0.755. The molecule has 6 nitrogen and oxygen atoms in total. The van der Waals surface area contributed by atoms with E-state index in [1.54, 1.807) is 0 Å². The highest BCUT2D eigenvalue weighted by Crippen LogP contribution is 2.34. The molecule has 0 radical (unpaired) electrons. The third kappa shape index (κ3) is 2.54. The molecule has 0 bridgehead atoms. The molecule has 2 aliphatic heterocycles. The number of amides is 3. The molecule has 20 heavy (non-hydrogen) atoms. The Morgan fingerprint density at radius 3 is 2.65 bits per heavy atom. The van der Waals surface area contributed by atoms with Crippen LogP contribution in [0.4, 0.5) is 4.79 Å². The summed E-state index contributed by atoms with van der Waals surface area (Å²) in [5.41, 5.74) is 0.141. The van der Waals surface area contributed by atoms with E-state index in [1.807, 2.05) is 0 Å². The smallest absolute Gasteiger partial charge is 0.324 e. The number of hydrogen-bond acceptors (Lipinski definition) is 4. The van der Waals surface area contributed by atoms with Gasteiger partial charge in [0.2, 0.25) is 5.91 Å². The molecule has 0 aromatic heterocycles. The Hall–Kier alpha value is -1.14. The van der Waals surface area contributed by atoms with E-state index < -0.39 is 0 Å². The van der Waals surface area contributed by atoms with Gasteiger partial charge >= 0.3 is 6.03 Å². The number of nitrogens with one attached hydrogen (secondary N) is 2. The van der Waals surface area contributed by atoms with Crippen LogP contribution in [0.1, 0.15) is 32.1 Å². The highest BCUT2D eigenvalue weighted by Gasteiger charge is 2.41. The Balaban J connectivity index is 1.67. The van der Waals surface area contributed by atoms with E-state index in [9.17, 15) is 9.59 Å². The zero-order valence-electron chi connectivity index (χ0n) is 12.0. The van der Waals surface area contributed by atoms with Gasteiger partial charge in [-0.1, -0.05) is 19.3 Å².